The highest BCUT2D eigenvalue weighted by molar-refractivity contribution is 7.90. The number of aromatic carboxylic acids is 1. The van der Waals surface area contributed by atoms with Gasteiger partial charge in [-0.1, -0.05) is 18.2 Å². The molecule has 0 atom stereocenters. The number of carboxylic acids is 1. The highest BCUT2D eigenvalue weighted by atomic mass is 32.2. The number of rotatable bonds is 4. The minimum Gasteiger partial charge on any atom is -0.478 e. The van der Waals surface area contributed by atoms with Crippen molar-refractivity contribution in [2.45, 2.75) is 10.6 Å². The van der Waals surface area contributed by atoms with E-state index in [-0.39, 0.29) is 16.2 Å². The topological polar surface area (TPSA) is 97.2 Å². The van der Waals surface area contributed by atoms with E-state index >= 15 is 0 Å². The van der Waals surface area contributed by atoms with Gasteiger partial charge < -0.3 is 5.11 Å². The van der Waals surface area contributed by atoms with Crippen molar-refractivity contribution >= 4 is 26.8 Å². The van der Waals surface area contributed by atoms with Gasteiger partial charge in [0.15, 0.2) is 9.84 Å². The molecule has 0 spiro atoms. The molecule has 0 aliphatic carbocycles. The van der Waals surface area contributed by atoms with Crippen LogP contribution in [0.1, 0.15) is 15.9 Å². The number of carbonyl (C=O) groups is 1. The molecular weight excluding hydrogens is 316 g/mol. The van der Waals surface area contributed by atoms with Crippen LogP contribution in [0.3, 0.4) is 0 Å². The highest BCUT2D eigenvalue weighted by Gasteiger charge is 2.19. The lowest BCUT2D eigenvalue weighted by Crippen LogP contribution is -2.07. The third-order valence-corrected chi connectivity index (χ3v) is 5.07. The molecule has 0 amide bonds. The van der Waals surface area contributed by atoms with E-state index in [1.54, 1.807) is 12.1 Å². The summed E-state index contributed by atoms with van der Waals surface area (Å²) in [5.41, 5.74) is 1.46. The molecule has 1 heterocycles. The molecule has 0 unspecified atom stereocenters. The molecule has 7 heteroatoms. The maximum Gasteiger partial charge on any atom is 0.335 e. The summed E-state index contributed by atoms with van der Waals surface area (Å²) >= 11 is 0. The van der Waals surface area contributed by atoms with Crippen LogP contribution in [0.15, 0.2) is 59.8 Å². The normalized spacial score (nSPS) is 11.5. The lowest BCUT2D eigenvalue weighted by atomic mass is 10.1. The van der Waals surface area contributed by atoms with Crippen molar-refractivity contribution in [3.63, 3.8) is 0 Å². The maximum atomic E-state index is 12.7. The summed E-state index contributed by atoms with van der Waals surface area (Å²) in [7, 11) is -3.62. The fourth-order valence-corrected chi connectivity index (χ4v) is 3.78. The van der Waals surface area contributed by atoms with Gasteiger partial charge in [-0.2, -0.15) is 0 Å². The predicted molar refractivity (Wildman–Crippen MR) is 83.8 cm³/mol. The van der Waals surface area contributed by atoms with Crippen molar-refractivity contribution < 1.29 is 18.3 Å². The second-order valence-electron chi connectivity index (χ2n) is 4.94. The molecule has 0 bridgehead atoms. The van der Waals surface area contributed by atoms with E-state index in [1.165, 1.54) is 42.7 Å². The molecule has 0 fully saturated rings. The van der Waals surface area contributed by atoms with E-state index in [0.29, 0.717) is 16.6 Å². The zero-order valence-corrected chi connectivity index (χ0v) is 12.7. The predicted octanol–water partition coefficient (Wildman–Crippen LogP) is 2.30. The molecule has 6 nitrogen and oxygen atoms in total. The molecular formula is C16H12N2O4S. The molecule has 0 aliphatic rings. The van der Waals surface area contributed by atoms with Gasteiger partial charge in [0.25, 0.3) is 0 Å². The number of aromatic nitrogens is 2. The minimum absolute atomic E-state index is 0.113. The maximum absolute atomic E-state index is 12.7. The largest absolute Gasteiger partial charge is 0.478 e. The molecule has 0 aliphatic heterocycles. The summed E-state index contributed by atoms with van der Waals surface area (Å²) in [5.74, 6) is -1.29. The summed E-state index contributed by atoms with van der Waals surface area (Å²) in [5, 5.41) is 8.87. The Morgan fingerprint density at radius 2 is 1.70 bits per heavy atom. The third kappa shape index (κ3) is 3.04. The molecule has 0 radical (unpaired) electrons. The molecule has 1 aromatic heterocycles. The van der Waals surface area contributed by atoms with Crippen LogP contribution in [0.2, 0.25) is 0 Å². The van der Waals surface area contributed by atoms with Crippen LogP contribution in [-0.2, 0) is 15.6 Å². The summed E-state index contributed by atoms with van der Waals surface area (Å²) in [6, 6.07) is 10.6. The number of nitrogens with zero attached hydrogens (tertiary/aromatic N) is 2. The van der Waals surface area contributed by atoms with Crippen LogP contribution in [-0.4, -0.2) is 29.5 Å². The van der Waals surface area contributed by atoms with Crippen molar-refractivity contribution in [1.29, 1.82) is 0 Å². The van der Waals surface area contributed by atoms with E-state index in [0.717, 1.165) is 0 Å². The van der Waals surface area contributed by atoms with E-state index < -0.39 is 15.8 Å². The van der Waals surface area contributed by atoms with Crippen molar-refractivity contribution in [3.8, 4) is 0 Å². The first-order chi connectivity index (χ1) is 11.0. The van der Waals surface area contributed by atoms with Gasteiger partial charge in [0.05, 0.1) is 21.7 Å². The summed E-state index contributed by atoms with van der Waals surface area (Å²) in [4.78, 5) is 19.2. The Morgan fingerprint density at radius 3 is 2.39 bits per heavy atom. The Bertz CT molecular complexity index is 977. The van der Waals surface area contributed by atoms with Crippen LogP contribution < -0.4 is 0 Å². The van der Waals surface area contributed by atoms with Crippen LogP contribution in [0, 0.1) is 0 Å². The second kappa shape index (κ2) is 5.77. The minimum atomic E-state index is -3.62. The van der Waals surface area contributed by atoms with Crippen molar-refractivity contribution in [1.82, 2.24) is 9.97 Å². The van der Waals surface area contributed by atoms with Crippen LogP contribution in [0.4, 0.5) is 0 Å². The van der Waals surface area contributed by atoms with E-state index in [1.807, 2.05) is 0 Å². The Hall–Kier alpha value is -2.80. The van der Waals surface area contributed by atoms with E-state index in [4.69, 9.17) is 5.11 Å². The molecule has 1 N–H and O–H groups in total. The Labute approximate surface area is 132 Å². The molecule has 2 aromatic carbocycles. The van der Waals surface area contributed by atoms with Crippen LogP contribution >= 0.6 is 0 Å². The van der Waals surface area contributed by atoms with Crippen molar-refractivity contribution in [2.75, 3.05) is 0 Å². The number of hydrogen-bond donors (Lipinski definition) is 1. The SMILES string of the molecule is O=C(O)c1ccc(CS(=O)(=O)c2cccc3nccnc23)cc1. The lowest BCUT2D eigenvalue weighted by Gasteiger charge is -2.07. The van der Waals surface area contributed by atoms with Gasteiger partial charge in [0, 0.05) is 12.4 Å². The average Bonchev–Trinajstić information content (AvgIpc) is 2.54. The van der Waals surface area contributed by atoms with Gasteiger partial charge in [-0.05, 0) is 29.8 Å². The Kier molecular flexibility index (Phi) is 3.79. The monoisotopic (exact) mass is 328 g/mol. The third-order valence-electron chi connectivity index (χ3n) is 3.35. The van der Waals surface area contributed by atoms with Crippen LogP contribution in [0.5, 0.6) is 0 Å². The van der Waals surface area contributed by atoms with E-state index in [9.17, 15) is 13.2 Å². The summed E-state index contributed by atoms with van der Waals surface area (Å²) in [6.45, 7) is 0. The van der Waals surface area contributed by atoms with Gasteiger partial charge in [-0.15, -0.1) is 0 Å². The molecule has 116 valence electrons. The molecule has 0 saturated carbocycles. The smallest absolute Gasteiger partial charge is 0.335 e. The zero-order chi connectivity index (χ0) is 16.4. The first-order valence-electron chi connectivity index (χ1n) is 6.72. The van der Waals surface area contributed by atoms with Gasteiger partial charge in [-0.3, -0.25) is 9.97 Å². The molecule has 3 rings (SSSR count). The van der Waals surface area contributed by atoms with Gasteiger partial charge >= 0.3 is 5.97 Å². The number of sulfone groups is 1. The van der Waals surface area contributed by atoms with Crippen molar-refractivity contribution in [3.05, 3.63) is 66.0 Å². The average molecular weight is 328 g/mol. The Balaban J connectivity index is 1.99. The number of carboxylic acid groups (broad SMARTS) is 1. The number of hydrogen-bond acceptors (Lipinski definition) is 5. The van der Waals surface area contributed by atoms with Gasteiger partial charge in [0.2, 0.25) is 0 Å². The molecule has 23 heavy (non-hydrogen) atoms. The van der Waals surface area contributed by atoms with Crippen molar-refractivity contribution in [2.24, 2.45) is 0 Å². The lowest BCUT2D eigenvalue weighted by molar-refractivity contribution is 0.0697. The molecule has 3 aromatic rings. The Morgan fingerprint density at radius 1 is 1.00 bits per heavy atom. The first kappa shape index (κ1) is 15.1. The summed E-state index contributed by atoms with van der Waals surface area (Å²) in [6.07, 6.45) is 2.95. The number of para-hydroxylation sites is 1. The van der Waals surface area contributed by atoms with Gasteiger partial charge in [0.1, 0.15) is 5.52 Å². The fourth-order valence-electron chi connectivity index (χ4n) is 2.26. The number of benzene rings is 2. The number of fused-ring (bicyclic) bond motifs is 1. The van der Waals surface area contributed by atoms with Gasteiger partial charge in [-0.25, -0.2) is 13.2 Å². The first-order valence-corrected chi connectivity index (χ1v) is 8.37. The summed E-state index contributed by atoms with van der Waals surface area (Å²) < 4.78 is 25.3. The molecule has 0 saturated heterocycles. The standard InChI is InChI=1S/C16H12N2O4S/c19-16(20)12-6-4-11(5-7-12)10-23(21,22)14-3-1-2-13-15(14)18-9-8-17-13/h1-9H,10H2,(H,19,20). The quantitative estimate of drug-likeness (QED) is 0.789. The fraction of sp³-hybridized carbons (Fsp3) is 0.0625. The van der Waals surface area contributed by atoms with Crippen LogP contribution in [0.25, 0.3) is 11.0 Å². The highest BCUT2D eigenvalue weighted by Crippen LogP contribution is 2.23. The van der Waals surface area contributed by atoms with E-state index in [2.05, 4.69) is 9.97 Å². The second-order valence-corrected chi connectivity index (χ2v) is 6.90. The zero-order valence-electron chi connectivity index (χ0n) is 11.9.